The monoisotopic (exact) mass is 236 g/mol. The largest absolute Gasteiger partial charge is 0.461 e. The van der Waals surface area contributed by atoms with Crippen molar-refractivity contribution in [1.82, 2.24) is 9.97 Å². The standard InChI is InChI=1S/C11H12N2O2S/c1-3-15-11(14)10-9(12-6-13-10)8-4-7(2)5-16-8/h4-6H,3H2,1-2H3,(H,12,13). The van der Waals surface area contributed by atoms with Crippen LogP contribution in [0, 0.1) is 6.92 Å². The number of aromatic nitrogens is 2. The van der Waals surface area contributed by atoms with Crippen molar-refractivity contribution in [2.75, 3.05) is 6.61 Å². The van der Waals surface area contributed by atoms with Gasteiger partial charge in [0, 0.05) is 0 Å². The Balaban J connectivity index is 2.36. The molecular formula is C11H12N2O2S. The second-order valence-electron chi connectivity index (χ2n) is 3.33. The van der Waals surface area contributed by atoms with Gasteiger partial charge in [-0.15, -0.1) is 11.3 Å². The summed E-state index contributed by atoms with van der Waals surface area (Å²) in [4.78, 5) is 19.6. The van der Waals surface area contributed by atoms with Crippen LogP contribution in [0.2, 0.25) is 0 Å². The molecule has 84 valence electrons. The summed E-state index contributed by atoms with van der Waals surface area (Å²) < 4.78 is 4.94. The summed E-state index contributed by atoms with van der Waals surface area (Å²) in [6.45, 7) is 4.15. The molecule has 2 aromatic rings. The van der Waals surface area contributed by atoms with Gasteiger partial charge in [-0.2, -0.15) is 0 Å². The number of hydrogen-bond acceptors (Lipinski definition) is 4. The summed E-state index contributed by atoms with van der Waals surface area (Å²) in [5.74, 6) is -0.384. The van der Waals surface area contributed by atoms with Crippen LogP contribution < -0.4 is 0 Å². The van der Waals surface area contributed by atoms with Gasteiger partial charge in [0.1, 0.15) is 0 Å². The van der Waals surface area contributed by atoms with E-state index in [4.69, 9.17) is 4.74 Å². The number of H-pyrrole nitrogens is 1. The molecule has 4 nitrogen and oxygen atoms in total. The van der Waals surface area contributed by atoms with Crippen molar-refractivity contribution in [3.05, 3.63) is 29.0 Å². The van der Waals surface area contributed by atoms with Crippen LogP contribution in [0.4, 0.5) is 0 Å². The van der Waals surface area contributed by atoms with E-state index in [9.17, 15) is 4.79 Å². The predicted molar refractivity (Wildman–Crippen MR) is 62.6 cm³/mol. The molecule has 2 rings (SSSR count). The highest BCUT2D eigenvalue weighted by atomic mass is 32.1. The van der Waals surface area contributed by atoms with Crippen LogP contribution >= 0.6 is 11.3 Å². The van der Waals surface area contributed by atoms with E-state index in [2.05, 4.69) is 9.97 Å². The number of aryl methyl sites for hydroxylation is 1. The highest BCUT2D eigenvalue weighted by Gasteiger charge is 2.17. The molecule has 2 heterocycles. The van der Waals surface area contributed by atoms with Crippen molar-refractivity contribution in [3.8, 4) is 10.6 Å². The quantitative estimate of drug-likeness (QED) is 0.833. The third kappa shape index (κ3) is 1.99. The van der Waals surface area contributed by atoms with Crippen LogP contribution in [-0.2, 0) is 4.74 Å². The first-order valence-corrected chi connectivity index (χ1v) is 5.86. The van der Waals surface area contributed by atoms with Gasteiger partial charge in [-0.05, 0) is 30.9 Å². The van der Waals surface area contributed by atoms with Crippen LogP contribution in [0.15, 0.2) is 17.8 Å². The number of carbonyl (C=O) groups excluding carboxylic acids is 1. The average Bonchev–Trinajstić information content (AvgIpc) is 2.85. The minimum absolute atomic E-state index is 0.351. The first kappa shape index (κ1) is 10.9. The molecule has 0 aliphatic heterocycles. The van der Waals surface area contributed by atoms with E-state index >= 15 is 0 Å². The molecule has 2 aromatic heterocycles. The lowest BCUT2D eigenvalue weighted by Gasteiger charge is -2.00. The zero-order valence-corrected chi connectivity index (χ0v) is 9.93. The maximum absolute atomic E-state index is 11.6. The number of nitrogens with one attached hydrogen (secondary N) is 1. The fourth-order valence-electron chi connectivity index (χ4n) is 1.40. The zero-order valence-electron chi connectivity index (χ0n) is 9.11. The van der Waals surface area contributed by atoms with Crippen molar-refractivity contribution >= 4 is 17.3 Å². The molecule has 0 bridgehead atoms. The van der Waals surface area contributed by atoms with E-state index in [1.807, 2.05) is 18.4 Å². The normalized spacial score (nSPS) is 10.4. The van der Waals surface area contributed by atoms with E-state index in [0.717, 1.165) is 10.6 Å². The van der Waals surface area contributed by atoms with Gasteiger partial charge in [-0.25, -0.2) is 9.78 Å². The molecule has 0 atom stereocenters. The lowest BCUT2D eigenvalue weighted by molar-refractivity contribution is 0.0521. The lowest BCUT2D eigenvalue weighted by Crippen LogP contribution is -2.06. The number of rotatable bonds is 3. The van der Waals surface area contributed by atoms with Crippen molar-refractivity contribution in [2.45, 2.75) is 13.8 Å². The highest BCUT2D eigenvalue weighted by molar-refractivity contribution is 7.13. The van der Waals surface area contributed by atoms with Gasteiger partial charge in [0.15, 0.2) is 5.69 Å². The van der Waals surface area contributed by atoms with E-state index in [0.29, 0.717) is 12.3 Å². The molecule has 0 aliphatic carbocycles. The Morgan fingerprint density at radius 3 is 3.06 bits per heavy atom. The third-order valence-corrected chi connectivity index (χ3v) is 3.15. The van der Waals surface area contributed by atoms with Crippen LogP contribution in [0.1, 0.15) is 23.0 Å². The van der Waals surface area contributed by atoms with Gasteiger partial charge in [0.25, 0.3) is 0 Å². The van der Waals surface area contributed by atoms with E-state index < -0.39 is 0 Å². The molecule has 0 unspecified atom stereocenters. The summed E-state index contributed by atoms with van der Waals surface area (Å²) >= 11 is 1.58. The maximum atomic E-state index is 11.6. The number of esters is 1. The van der Waals surface area contributed by atoms with Gasteiger partial charge in [0.05, 0.1) is 23.5 Å². The fourth-order valence-corrected chi connectivity index (χ4v) is 2.31. The Morgan fingerprint density at radius 1 is 1.62 bits per heavy atom. The summed E-state index contributed by atoms with van der Waals surface area (Å²) in [7, 11) is 0. The molecule has 5 heteroatoms. The maximum Gasteiger partial charge on any atom is 0.359 e. The van der Waals surface area contributed by atoms with Crippen molar-refractivity contribution in [1.29, 1.82) is 0 Å². The van der Waals surface area contributed by atoms with Crippen LogP contribution in [0.5, 0.6) is 0 Å². The lowest BCUT2D eigenvalue weighted by atomic mass is 10.2. The summed E-state index contributed by atoms with van der Waals surface area (Å²) in [6, 6.07) is 2.01. The minimum Gasteiger partial charge on any atom is -0.461 e. The topological polar surface area (TPSA) is 55.0 Å². The molecule has 0 aliphatic rings. The first-order valence-electron chi connectivity index (χ1n) is 4.98. The van der Waals surface area contributed by atoms with Crippen LogP contribution in [0.3, 0.4) is 0 Å². The molecule has 0 fully saturated rings. The molecule has 0 radical (unpaired) electrons. The molecule has 16 heavy (non-hydrogen) atoms. The number of ether oxygens (including phenoxy) is 1. The molecular weight excluding hydrogens is 224 g/mol. The Labute approximate surface area is 97.3 Å². The van der Waals surface area contributed by atoms with Gasteiger partial charge in [0.2, 0.25) is 0 Å². The smallest absolute Gasteiger partial charge is 0.359 e. The molecule has 0 saturated heterocycles. The molecule has 0 spiro atoms. The van der Waals surface area contributed by atoms with Crippen LogP contribution in [0.25, 0.3) is 10.6 Å². The number of thiophene rings is 1. The van der Waals surface area contributed by atoms with Crippen molar-refractivity contribution in [2.24, 2.45) is 0 Å². The molecule has 0 aromatic carbocycles. The van der Waals surface area contributed by atoms with Gasteiger partial charge in [-0.3, -0.25) is 0 Å². The number of nitrogens with zero attached hydrogens (tertiary/aromatic N) is 1. The Kier molecular flexibility index (Phi) is 3.05. The van der Waals surface area contributed by atoms with Gasteiger partial charge >= 0.3 is 5.97 Å². The number of imidazole rings is 1. The molecule has 1 N–H and O–H groups in total. The Hall–Kier alpha value is -1.62. The Morgan fingerprint density at radius 2 is 2.44 bits per heavy atom. The van der Waals surface area contributed by atoms with Gasteiger partial charge in [-0.1, -0.05) is 0 Å². The zero-order chi connectivity index (χ0) is 11.5. The predicted octanol–water partition coefficient (Wildman–Crippen LogP) is 2.62. The van der Waals surface area contributed by atoms with Crippen LogP contribution in [-0.4, -0.2) is 22.5 Å². The SMILES string of the molecule is CCOC(=O)c1nc[nH]c1-c1cc(C)cs1. The summed E-state index contributed by atoms with van der Waals surface area (Å²) in [6.07, 6.45) is 1.51. The van der Waals surface area contributed by atoms with Gasteiger partial charge < -0.3 is 9.72 Å². The van der Waals surface area contributed by atoms with E-state index in [-0.39, 0.29) is 5.97 Å². The molecule has 0 amide bonds. The second-order valence-corrected chi connectivity index (χ2v) is 4.25. The van der Waals surface area contributed by atoms with Crippen molar-refractivity contribution in [3.63, 3.8) is 0 Å². The summed E-state index contributed by atoms with van der Waals surface area (Å²) in [5, 5.41) is 2.03. The third-order valence-electron chi connectivity index (χ3n) is 2.09. The minimum atomic E-state index is -0.384. The number of carbonyl (C=O) groups is 1. The first-order chi connectivity index (χ1) is 7.72. The highest BCUT2D eigenvalue weighted by Crippen LogP contribution is 2.27. The van der Waals surface area contributed by atoms with Crippen molar-refractivity contribution < 1.29 is 9.53 Å². The number of hydrogen-bond donors (Lipinski definition) is 1. The average molecular weight is 236 g/mol. The second kappa shape index (κ2) is 4.49. The van der Waals surface area contributed by atoms with E-state index in [1.165, 1.54) is 11.9 Å². The fraction of sp³-hybridized carbons (Fsp3) is 0.273. The number of aromatic amines is 1. The van der Waals surface area contributed by atoms with E-state index in [1.54, 1.807) is 18.3 Å². The Bertz CT molecular complexity index is 502. The molecule has 0 saturated carbocycles. The summed E-state index contributed by atoms with van der Waals surface area (Å²) in [5.41, 5.74) is 2.25.